The molecule has 0 bridgehead atoms. The molecular formula is C14H17FN4. The van der Waals surface area contributed by atoms with Crippen molar-refractivity contribution in [2.24, 2.45) is 5.73 Å². The maximum absolute atomic E-state index is 13.9. The van der Waals surface area contributed by atoms with Gasteiger partial charge in [-0.1, -0.05) is 26.0 Å². The highest BCUT2D eigenvalue weighted by Gasteiger charge is 2.10. The van der Waals surface area contributed by atoms with Crippen molar-refractivity contribution in [3.8, 4) is 0 Å². The van der Waals surface area contributed by atoms with E-state index in [4.69, 9.17) is 11.1 Å². The predicted octanol–water partition coefficient (Wildman–Crippen LogP) is 2.48. The maximum atomic E-state index is 13.9. The molecule has 0 aliphatic rings. The van der Waals surface area contributed by atoms with E-state index in [1.165, 1.54) is 6.07 Å². The van der Waals surface area contributed by atoms with Crippen LogP contribution in [-0.4, -0.2) is 15.4 Å². The summed E-state index contributed by atoms with van der Waals surface area (Å²) in [5.41, 5.74) is 6.29. The molecule has 0 spiro atoms. The van der Waals surface area contributed by atoms with Crippen LogP contribution in [0.2, 0.25) is 0 Å². The van der Waals surface area contributed by atoms with E-state index in [2.05, 4.69) is 4.98 Å². The van der Waals surface area contributed by atoms with Gasteiger partial charge >= 0.3 is 0 Å². The standard InChI is InChI=1S/C14H17FN4/c1-9(2)14-18-5-6-19(14)8-11-4-3-10(13(16)17)7-12(11)15/h3-7,9H,8H2,1-2H3,(H3,16,17). The normalized spacial score (nSPS) is 10.9. The molecule has 2 rings (SSSR count). The molecule has 3 N–H and O–H groups in total. The van der Waals surface area contributed by atoms with Crippen molar-refractivity contribution in [1.29, 1.82) is 5.41 Å². The zero-order chi connectivity index (χ0) is 14.0. The fourth-order valence-corrected chi connectivity index (χ4v) is 1.98. The summed E-state index contributed by atoms with van der Waals surface area (Å²) in [6, 6.07) is 4.62. The molecule has 4 nitrogen and oxygen atoms in total. The average molecular weight is 260 g/mol. The van der Waals surface area contributed by atoms with Gasteiger partial charge in [-0.05, 0) is 6.07 Å². The van der Waals surface area contributed by atoms with Crippen LogP contribution in [0.25, 0.3) is 0 Å². The molecule has 100 valence electrons. The number of nitrogens with one attached hydrogen (secondary N) is 1. The molecule has 1 aromatic carbocycles. The molecule has 5 heteroatoms. The molecule has 0 unspecified atom stereocenters. The van der Waals surface area contributed by atoms with Gasteiger partial charge in [-0.2, -0.15) is 0 Å². The second-order valence-corrected chi connectivity index (χ2v) is 4.79. The van der Waals surface area contributed by atoms with E-state index >= 15 is 0 Å². The first-order valence-electron chi connectivity index (χ1n) is 6.13. The van der Waals surface area contributed by atoms with Gasteiger partial charge in [-0.3, -0.25) is 5.41 Å². The Bertz CT molecular complexity index is 601. The topological polar surface area (TPSA) is 67.7 Å². The molecule has 0 amide bonds. The maximum Gasteiger partial charge on any atom is 0.128 e. The number of nitrogens with two attached hydrogens (primary N) is 1. The first kappa shape index (κ1) is 13.3. The van der Waals surface area contributed by atoms with Crippen LogP contribution >= 0.6 is 0 Å². The summed E-state index contributed by atoms with van der Waals surface area (Å²) >= 11 is 0. The van der Waals surface area contributed by atoms with E-state index < -0.39 is 0 Å². The molecule has 2 aromatic rings. The van der Waals surface area contributed by atoms with Crippen molar-refractivity contribution in [3.63, 3.8) is 0 Å². The first-order valence-corrected chi connectivity index (χ1v) is 6.13. The van der Waals surface area contributed by atoms with Crippen molar-refractivity contribution >= 4 is 5.84 Å². The molecule has 0 fully saturated rings. The fourth-order valence-electron chi connectivity index (χ4n) is 1.98. The smallest absolute Gasteiger partial charge is 0.128 e. The second kappa shape index (κ2) is 5.22. The summed E-state index contributed by atoms with van der Waals surface area (Å²) in [5.74, 6) is 0.733. The number of nitrogens with zero attached hydrogens (tertiary/aromatic N) is 2. The summed E-state index contributed by atoms with van der Waals surface area (Å²) in [6.07, 6.45) is 3.56. The molecular weight excluding hydrogens is 243 g/mol. The fraction of sp³-hybridized carbons (Fsp3) is 0.286. The number of halogens is 1. The van der Waals surface area contributed by atoms with Crippen LogP contribution in [0.5, 0.6) is 0 Å². The Labute approximate surface area is 111 Å². The largest absolute Gasteiger partial charge is 0.384 e. The first-order chi connectivity index (χ1) is 8.99. The highest BCUT2D eigenvalue weighted by molar-refractivity contribution is 5.94. The number of hydrogen-bond acceptors (Lipinski definition) is 2. The van der Waals surface area contributed by atoms with Crippen LogP contribution in [0.1, 0.15) is 36.7 Å². The van der Waals surface area contributed by atoms with Crippen molar-refractivity contribution in [3.05, 3.63) is 53.4 Å². The Balaban J connectivity index is 2.28. The lowest BCUT2D eigenvalue weighted by molar-refractivity contribution is 0.588. The minimum Gasteiger partial charge on any atom is -0.384 e. The van der Waals surface area contributed by atoms with Gasteiger partial charge in [-0.25, -0.2) is 9.37 Å². The Morgan fingerprint density at radius 1 is 1.47 bits per heavy atom. The van der Waals surface area contributed by atoms with Crippen molar-refractivity contribution in [2.75, 3.05) is 0 Å². The molecule has 0 atom stereocenters. The number of aromatic nitrogens is 2. The van der Waals surface area contributed by atoms with Gasteiger partial charge < -0.3 is 10.3 Å². The number of rotatable bonds is 4. The van der Waals surface area contributed by atoms with Crippen LogP contribution in [0.4, 0.5) is 4.39 Å². The lowest BCUT2D eigenvalue weighted by Gasteiger charge is -2.11. The summed E-state index contributed by atoms with van der Waals surface area (Å²) in [4.78, 5) is 4.27. The van der Waals surface area contributed by atoms with Crippen LogP contribution in [-0.2, 0) is 6.54 Å². The van der Waals surface area contributed by atoms with Crippen LogP contribution in [0.3, 0.4) is 0 Å². The lowest BCUT2D eigenvalue weighted by atomic mass is 10.1. The van der Waals surface area contributed by atoms with Crippen molar-refractivity contribution in [1.82, 2.24) is 9.55 Å². The van der Waals surface area contributed by atoms with E-state index in [0.29, 0.717) is 17.7 Å². The van der Waals surface area contributed by atoms with E-state index in [1.54, 1.807) is 18.3 Å². The molecule has 0 saturated heterocycles. The van der Waals surface area contributed by atoms with Gasteiger partial charge in [0.2, 0.25) is 0 Å². The Hall–Kier alpha value is -2.17. The van der Waals surface area contributed by atoms with Gasteiger partial charge in [0.1, 0.15) is 17.5 Å². The molecule has 0 radical (unpaired) electrons. The monoisotopic (exact) mass is 260 g/mol. The van der Waals surface area contributed by atoms with Gasteiger partial charge in [0.05, 0.1) is 6.54 Å². The van der Waals surface area contributed by atoms with E-state index in [0.717, 1.165) is 5.82 Å². The summed E-state index contributed by atoms with van der Waals surface area (Å²) in [7, 11) is 0. The zero-order valence-corrected chi connectivity index (χ0v) is 11.0. The highest BCUT2D eigenvalue weighted by atomic mass is 19.1. The van der Waals surface area contributed by atoms with Crippen LogP contribution < -0.4 is 5.73 Å². The minimum absolute atomic E-state index is 0.129. The van der Waals surface area contributed by atoms with Crippen LogP contribution in [0, 0.1) is 11.2 Å². The van der Waals surface area contributed by atoms with Gasteiger partial charge in [0.25, 0.3) is 0 Å². The third-order valence-corrected chi connectivity index (χ3v) is 2.97. The van der Waals surface area contributed by atoms with E-state index in [9.17, 15) is 4.39 Å². The number of imidazole rings is 1. The Morgan fingerprint density at radius 3 is 2.79 bits per heavy atom. The van der Waals surface area contributed by atoms with Gasteiger partial charge in [0, 0.05) is 29.4 Å². The quantitative estimate of drug-likeness (QED) is 0.655. The molecule has 0 aliphatic heterocycles. The van der Waals surface area contributed by atoms with E-state index in [-0.39, 0.29) is 17.6 Å². The summed E-state index contributed by atoms with van der Waals surface area (Å²) in [5, 5.41) is 7.29. The summed E-state index contributed by atoms with van der Waals surface area (Å²) < 4.78 is 15.9. The second-order valence-electron chi connectivity index (χ2n) is 4.79. The number of hydrogen-bond donors (Lipinski definition) is 2. The van der Waals surface area contributed by atoms with Crippen LogP contribution in [0.15, 0.2) is 30.6 Å². The lowest BCUT2D eigenvalue weighted by Crippen LogP contribution is -2.12. The Morgan fingerprint density at radius 2 is 2.21 bits per heavy atom. The highest BCUT2D eigenvalue weighted by Crippen LogP contribution is 2.16. The molecule has 1 heterocycles. The minimum atomic E-state index is -0.351. The predicted molar refractivity (Wildman–Crippen MR) is 72.8 cm³/mol. The van der Waals surface area contributed by atoms with Gasteiger partial charge in [0.15, 0.2) is 0 Å². The third kappa shape index (κ3) is 2.81. The molecule has 0 aliphatic carbocycles. The number of nitrogen functional groups attached to an aromatic ring is 1. The summed E-state index contributed by atoms with van der Waals surface area (Å²) in [6.45, 7) is 4.53. The average Bonchev–Trinajstić information content (AvgIpc) is 2.79. The molecule has 0 saturated carbocycles. The Kier molecular flexibility index (Phi) is 3.64. The van der Waals surface area contributed by atoms with E-state index in [1.807, 2.05) is 24.6 Å². The molecule has 1 aromatic heterocycles. The van der Waals surface area contributed by atoms with Crippen molar-refractivity contribution < 1.29 is 4.39 Å². The van der Waals surface area contributed by atoms with Gasteiger partial charge in [-0.15, -0.1) is 0 Å². The number of benzene rings is 1. The zero-order valence-electron chi connectivity index (χ0n) is 11.0. The SMILES string of the molecule is CC(C)c1nccn1Cc1ccc(C(=N)N)cc1F. The van der Waals surface area contributed by atoms with Crippen molar-refractivity contribution in [2.45, 2.75) is 26.3 Å². The molecule has 19 heavy (non-hydrogen) atoms. The number of amidine groups is 1. The third-order valence-electron chi connectivity index (χ3n) is 2.97.